The smallest absolute Gasteiger partial charge is 0.410 e. The molecule has 0 aliphatic carbocycles. The van der Waals surface area contributed by atoms with Crippen molar-refractivity contribution in [2.75, 3.05) is 23.7 Å². The summed E-state index contributed by atoms with van der Waals surface area (Å²) in [6.45, 7) is 6.69. The number of carbonyl (C=O) groups is 2. The normalized spacial score (nSPS) is 16.1. The second-order valence-corrected chi connectivity index (χ2v) is 11.6. The van der Waals surface area contributed by atoms with Gasteiger partial charge in [-0.05, 0) is 63.4 Å². The maximum atomic E-state index is 13.1. The molecule has 2 aromatic carbocycles. The minimum Gasteiger partial charge on any atom is -0.444 e. The van der Waals surface area contributed by atoms with Crippen molar-refractivity contribution >= 4 is 23.4 Å². The second kappa shape index (κ2) is 10.7. The van der Waals surface area contributed by atoms with Crippen LogP contribution < -0.4 is 10.6 Å². The van der Waals surface area contributed by atoms with E-state index in [4.69, 9.17) is 9.15 Å². The maximum absolute atomic E-state index is 13.1. The number of anilines is 2. The second-order valence-electron chi connectivity index (χ2n) is 11.6. The SMILES string of the molecule is CC(C)(C)OC(=O)N1CCC2(CC1)Nc1cc(-c3cn(Cc4ccc(-c5nnc(C(F)F)o5)cc4)nn3)ccc1NC2=O. The zero-order valence-electron chi connectivity index (χ0n) is 23.8. The molecule has 0 saturated carbocycles. The molecule has 1 spiro atoms. The number of amides is 2. The standard InChI is InChI=1S/C29H30F2N8O4/c1-28(2,3)43-27(41)38-12-10-29(11-13-38)26(40)32-20-9-8-19(14-21(20)33-29)22-16-39(37-34-22)15-17-4-6-18(7-5-17)24-35-36-25(42-24)23(30)31/h4-9,14,16,23,33H,10-13,15H2,1-3H3,(H,32,40). The number of likely N-dealkylation sites (tertiary alicyclic amines) is 1. The number of nitrogens with zero attached hydrogens (tertiary/aromatic N) is 6. The van der Waals surface area contributed by atoms with Gasteiger partial charge in [0, 0.05) is 24.2 Å². The molecule has 2 N–H and O–H groups in total. The van der Waals surface area contributed by atoms with Crippen LogP contribution in [-0.2, 0) is 16.1 Å². The molecular formula is C29H30F2N8O4. The van der Waals surface area contributed by atoms with Gasteiger partial charge in [0.25, 0.3) is 5.89 Å². The van der Waals surface area contributed by atoms with Crippen LogP contribution in [-0.4, -0.2) is 66.3 Å². The first-order valence-corrected chi connectivity index (χ1v) is 13.8. The highest BCUT2D eigenvalue weighted by molar-refractivity contribution is 6.06. The molecule has 0 radical (unpaired) electrons. The summed E-state index contributed by atoms with van der Waals surface area (Å²) in [5.41, 5.74) is 2.92. The Morgan fingerprint density at radius 2 is 1.77 bits per heavy atom. The fourth-order valence-electron chi connectivity index (χ4n) is 5.11. The zero-order chi connectivity index (χ0) is 30.4. The van der Waals surface area contributed by atoms with Crippen molar-refractivity contribution in [3.05, 3.63) is 60.1 Å². The van der Waals surface area contributed by atoms with Gasteiger partial charge in [-0.2, -0.15) is 8.78 Å². The number of nitrogens with one attached hydrogen (secondary N) is 2. The van der Waals surface area contributed by atoms with Crippen molar-refractivity contribution in [1.29, 1.82) is 0 Å². The van der Waals surface area contributed by atoms with E-state index in [0.717, 1.165) is 16.8 Å². The Kier molecular flexibility index (Phi) is 7.06. The summed E-state index contributed by atoms with van der Waals surface area (Å²) in [5.74, 6) is -0.813. The fourth-order valence-corrected chi connectivity index (χ4v) is 5.11. The predicted octanol–water partition coefficient (Wildman–Crippen LogP) is 5.11. The van der Waals surface area contributed by atoms with Crippen molar-refractivity contribution in [1.82, 2.24) is 30.1 Å². The number of piperidine rings is 1. The topological polar surface area (TPSA) is 140 Å². The molecule has 43 heavy (non-hydrogen) atoms. The van der Waals surface area contributed by atoms with Crippen molar-refractivity contribution in [2.24, 2.45) is 0 Å². The molecule has 1 saturated heterocycles. The number of ether oxygens (including phenoxy) is 1. The molecule has 6 rings (SSSR count). The van der Waals surface area contributed by atoms with Gasteiger partial charge in [-0.1, -0.05) is 23.4 Å². The van der Waals surface area contributed by atoms with Gasteiger partial charge in [-0.3, -0.25) is 4.79 Å². The van der Waals surface area contributed by atoms with E-state index in [9.17, 15) is 18.4 Å². The zero-order valence-corrected chi connectivity index (χ0v) is 23.8. The number of aromatic nitrogens is 5. The third-order valence-electron chi connectivity index (χ3n) is 7.35. The molecule has 1 fully saturated rings. The number of alkyl halides is 2. The fraction of sp³-hybridized carbons (Fsp3) is 0.379. The summed E-state index contributed by atoms with van der Waals surface area (Å²) >= 11 is 0. The monoisotopic (exact) mass is 592 g/mol. The van der Waals surface area contributed by atoms with Crippen LogP contribution in [0, 0.1) is 0 Å². The van der Waals surface area contributed by atoms with Crippen LogP contribution in [0.25, 0.3) is 22.7 Å². The number of carbonyl (C=O) groups excluding carboxylic acids is 2. The summed E-state index contributed by atoms with van der Waals surface area (Å²) in [7, 11) is 0. The van der Waals surface area contributed by atoms with E-state index in [1.54, 1.807) is 21.7 Å². The number of hydrogen-bond acceptors (Lipinski definition) is 9. The highest BCUT2D eigenvalue weighted by atomic mass is 19.3. The van der Waals surface area contributed by atoms with Gasteiger partial charge < -0.3 is 24.7 Å². The lowest BCUT2D eigenvalue weighted by atomic mass is 9.84. The van der Waals surface area contributed by atoms with Gasteiger partial charge in [0.05, 0.1) is 24.1 Å². The summed E-state index contributed by atoms with van der Waals surface area (Å²) in [6.07, 6.45) is -0.501. The predicted molar refractivity (Wildman–Crippen MR) is 151 cm³/mol. The molecule has 2 amide bonds. The van der Waals surface area contributed by atoms with Crippen LogP contribution in [0.5, 0.6) is 0 Å². The average molecular weight is 593 g/mol. The van der Waals surface area contributed by atoms with E-state index >= 15 is 0 Å². The highest BCUT2D eigenvalue weighted by Crippen LogP contribution is 2.38. The number of rotatable bonds is 5. The van der Waals surface area contributed by atoms with Crippen molar-refractivity contribution in [2.45, 2.75) is 57.7 Å². The van der Waals surface area contributed by atoms with Gasteiger partial charge in [-0.25, -0.2) is 9.48 Å². The minimum atomic E-state index is -2.82. The Hall–Kier alpha value is -4.88. The Balaban J connectivity index is 1.12. The summed E-state index contributed by atoms with van der Waals surface area (Å²) in [6, 6.07) is 12.7. The highest BCUT2D eigenvalue weighted by Gasteiger charge is 2.45. The summed E-state index contributed by atoms with van der Waals surface area (Å²) in [5, 5.41) is 22.1. The average Bonchev–Trinajstić information content (AvgIpc) is 3.64. The molecule has 0 unspecified atom stereocenters. The van der Waals surface area contributed by atoms with Gasteiger partial charge in [0.15, 0.2) is 0 Å². The molecule has 4 heterocycles. The van der Waals surface area contributed by atoms with Crippen molar-refractivity contribution in [3.63, 3.8) is 0 Å². The Labute approximate surface area is 245 Å². The van der Waals surface area contributed by atoms with Crippen LogP contribution in [0.4, 0.5) is 25.0 Å². The number of halogens is 2. The number of fused-ring (bicyclic) bond motifs is 1. The maximum Gasteiger partial charge on any atom is 0.410 e. The lowest BCUT2D eigenvalue weighted by molar-refractivity contribution is -0.122. The summed E-state index contributed by atoms with van der Waals surface area (Å²) < 4.78 is 37.7. The minimum absolute atomic E-state index is 0.0254. The Morgan fingerprint density at radius 3 is 2.44 bits per heavy atom. The molecule has 224 valence electrons. The van der Waals surface area contributed by atoms with E-state index in [1.165, 1.54) is 0 Å². The van der Waals surface area contributed by atoms with E-state index in [-0.39, 0.29) is 17.9 Å². The Bertz CT molecular complexity index is 1650. The van der Waals surface area contributed by atoms with E-state index in [2.05, 4.69) is 31.1 Å². The van der Waals surface area contributed by atoms with Crippen LogP contribution in [0.2, 0.25) is 0 Å². The van der Waals surface area contributed by atoms with E-state index < -0.39 is 23.5 Å². The number of hydrogen-bond donors (Lipinski definition) is 2. The molecule has 2 aliphatic heterocycles. The first kappa shape index (κ1) is 28.2. The van der Waals surface area contributed by atoms with Crippen LogP contribution in [0.15, 0.2) is 53.1 Å². The van der Waals surface area contributed by atoms with E-state index in [0.29, 0.717) is 49.4 Å². The quantitative estimate of drug-likeness (QED) is 0.323. The van der Waals surface area contributed by atoms with Crippen molar-refractivity contribution in [3.8, 4) is 22.7 Å². The largest absolute Gasteiger partial charge is 0.444 e. The Morgan fingerprint density at radius 1 is 1.05 bits per heavy atom. The molecular weight excluding hydrogens is 562 g/mol. The molecule has 0 atom stereocenters. The van der Waals surface area contributed by atoms with Crippen LogP contribution in [0.1, 0.15) is 51.5 Å². The molecule has 12 nitrogen and oxygen atoms in total. The van der Waals surface area contributed by atoms with E-state index in [1.807, 2.05) is 57.3 Å². The molecule has 14 heteroatoms. The first-order valence-electron chi connectivity index (χ1n) is 13.8. The lowest BCUT2D eigenvalue weighted by Crippen LogP contribution is -2.59. The van der Waals surface area contributed by atoms with Gasteiger partial charge >= 0.3 is 12.5 Å². The van der Waals surface area contributed by atoms with Gasteiger partial charge in [0.2, 0.25) is 11.8 Å². The summed E-state index contributed by atoms with van der Waals surface area (Å²) in [4.78, 5) is 27.3. The third-order valence-corrected chi connectivity index (χ3v) is 7.35. The van der Waals surface area contributed by atoms with Gasteiger partial charge in [-0.15, -0.1) is 15.3 Å². The lowest BCUT2D eigenvalue weighted by Gasteiger charge is -2.44. The van der Waals surface area contributed by atoms with Crippen LogP contribution >= 0.6 is 0 Å². The van der Waals surface area contributed by atoms with Gasteiger partial charge in [0.1, 0.15) is 16.8 Å². The molecule has 0 bridgehead atoms. The number of benzene rings is 2. The molecule has 2 aromatic heterocycles. The molecule has 4 aromatic rings. The van der Waals surface area contributed by atoms with Crippen LogP contribution in [0.3, 0.4) is 0 Å². The molecule has 2 aliphatic rings. The third kappa shape index (κ3) is 5.90. The first-order chi connectivity index (χ1) is 20.5. The van der Waals surface area contributed by atoms with Crippen molar-refractivity contribution < 1.29 is 27.5 Å².